The number of carbonyl (C=O) groups is 1. The van der Waals surface area contributed by atoms with Gasteiger partial charge in [0, 0.05) is 12.1 Å². The number of hydrogen-bond acceptors (Lipinski definition) is 6. The SMILES string of the molecule is COc1ccc([C@H](C)NC(=O)CN(C)S(=O)(=O)c2cc(Cl)ccc2OC)cc1OC. The van der Waals surface area contributed by atoms with Crippen molar-refractivity contribution in [2.75, 3.05) is 34.9 Å². The minimum atomic E-state index is -3.99. The number of hydrogen-bond donors (Lipinski definition) is 1. The monoisotopic (exact) mass is 456 g/mol. The summed E-state index contributed by atoms with van der Waals surface area (Å²) in [5.74, 6) is 0.777. The first-order chi connectivity index (χ1) is 14.1. The van der Waals surface area contributed by atoms with Gasteiger partial charge in [-0.1, -0.05) is 17.7 Å². The van der Waals surface area contributed by atoms with E-state index in [0.29, 0.717) is 11.5 Å². The van der Waals surface area contributed by atoms with E-state index < -0.39 is 15.9 Å². The summed E-state index contributed by atoms with van der Waals surface area (Å²) in [5.41, 5.74) is 0.781. The Morgan fingerprint density at radius 3 is 2.23 bits per heavy atom. The summed E-state index contributed by atoms with van der Waals surface area (Å²) in [7, 11) is 1.74. The largest absolute Gasteiger partial charge is 0.495 e. The molecule has 0 bridgehead atoms. The summed E-state index contributed by atoms with van der Waals surface area (Å²) in [4.78, 5) is 12.4. The first-order valence-electron chi connectivity index (χ1n) is 8.95. The Bertz CT molecular complexity index is 1010. The zero-order valence-electron chi connectivity index (χ0n) is 17.4. The van der Waals surface area contributed by atoms with Gasteiger partial charge < -0.3 is 19.5 Å². The smallest absolute Gasteiger partial charge is 0.247 e. The van der Waals surface area contributed by atoms with Crippen LogP contribution in [0, 0.1) is 0 Å². The lowest BCUT2D eigenvalue weighted by atomic mass is 10.1. The quantitative estimate of drug-likeness (QED) is 0.623. The number of ether oxygens (including phenoxy) is 3. The molecule has 30 heavy (non-hydrogen) atoms. The van der Waals surface area contributed by atoms with Crippen LogP contribution in [0.1, 0.15) is 18.5 Å². The Balaban J connectivity index is 2.13. The van der Waals surface area contributed by atoms with E-state index in [0.717, 1.165) is 9.87 Å². The Kier molecular flexibility index (Phi) is 7.94. The fourth-order valence-electron chi connectivity index (χ4n) is 2.80. The third-order valence-electron chi connectivity index (χ3n) is 4.47. The van der Waals surface area contributed by atoms with Gasteiger partial charge in [-0.25, -0.2) is 8.42 Å². The maximum absolute atomic E-state index is 12.9. The molecule has 0 saturated carbocycles. The molecule has 0 aliphatic rings. The predicted molar refractivity (Wildman–Crippen MR) is 114 cm³/mol. The molecular weight excluding hydrogens is 432 g/mol. The molecule has 0 aliphatic carbocycles. The summed E-state index contributed by atoms with van der Waals surface area (Å²) in [6.07, 6.45) is 0. The molecule has 8 nitrogen and oxygen atoms in total. The summed E-state index contributed by atoms with van der Waals surface area (Å²) < 4.78 is 42.3. The summed E-state index contributed by atoms with van der Waals surface area (Å²) in [6, 6.07) is 9.17. The van der Waals surface area contributed by atoms with Gasteiger partial charge in [-0.3, -0.25) is 4.79 Å². The molecule has 0 spiro atoms. The summed E-state index contributed by atoms with van der Waals surface area (Å²) in [6.45, 7) is 1.41. The zero-order valence-corrected chi connectivity index (χ0v) is 19.0. The molecule has 0 aromatic heterocycles. The molecule has 0 saturated heterocycles. The van der Waals surface area contributed by atoms with E-state index in [1.807, 2.05) is 0 Å². The average Bonchev–Trinajstić information content (AvgIpc) is 2.72. The second kappa shape index (κ2) is 10.0. The molecule has 1 amide bonds. The molecule has 0 unspecified atom stereocenters. The Labute approximate surface area is 181 Å². The van der Waals surface area contributed by atoms with Crippen molar-refractivity contribution in [3.8, 4) is 17.2 Å². The van der Waals surface area contributed by atoms with Crippen LogP contribution in [0.25, 0.3) is 0 Å². The molecule has 0 aliphatic heterocycles. The van der Waals surface area contributed by atoms with Gasteiger partial charge in [0.2, 0.25) is 15.9 Å². The number of benzene rings is 2. The summed E-state index contributed by atoms with van der Waals surface area (Å²) >= 11 is 5.94. The Morgan fingerprint density at radius 2 is 1.63 bits per heavy atom. The Hall–Kier alpha value is -2.49. The van der Waals surface area contributed by atoms with Crippen molar-refractivity contribution in [1.29, 1.82) is 0 Å². The molecule has 164 valence electrons. The molecule has 0 radical (unpaired) electrons. The highest BCUT2D eigenvalue weighted by Crippen LogP contribution is 2.30. The highest BCUT2D eigenvalue weighted by molar-refractivity contribution is 7.89. The van der Waals surface area contributed by atoms with Crippen LogP contribution in [-0.2, 0) is 14.8 Å². The topological polar surface area (TPSA) is 94.2 Å². The molecule has 1 N–H and O–H groups in total. The van der Waals surface area contributed by atoms with Crippen LogP contribution in [0.4, 0.5) is 0 Å². The van der Waals surface area contributed by atoms with E-state index in [-0.39, 0.29) is 28.3 Å². The van der Waals surface area contributed by atoms with E-state index in [9.17, 15) is 13.2 Å². The third-order valence-corrected chi connectivity index (χ3v) is 6.52. The third kappa shape index (κ3) is 5.35. The number of halogens is 1. The second-order valence-corrected chi connectivity index (χ2v) is 8.91. The van der Waals surface area contributed by atoms with Gasteiger partial charge >= 0.3 is 0 Å². The highest BCUT2D eigenvalue weighted by Gasteiger charge is 2.27. The molecule has 2 rings (SSSR count). The molecule has 0 heterocycles. The standard InChI is InChI=1S/C20H25ClN2O6S/c1-13(14-6-8-16(27-3)18(10-14)29-5)22-20(24)12-23(2)30(25,26)19-11-15(21)7-9-17(19)28-4/h6-11,13H,12H2,1-5H3,(H,22,24)/t13-/m0/s1. The van der Waals surface area contributed by atoms with Crippen molar-refractivity contribution in [1.82, 2.24) is 9.62 Å². The van der Waals surface area contributed by atoms with Crippen molar-refractivity contribution in [2.45, 2.75) is 17.9 Å². The van der Waals surface area contributed by atoms with Gasteiger partial charge in [-0.15, -0.1) is 0 Å². The van der Waals surface area contributed by atoms with Gasteiger partial charge in [0.15, 0.2) is 11.5 Å². The maximum Gasteiger partial charge on any atom is 0.247 e. The van der Waals surface area contributed by atoms with Crippen LogP contribution in [-0.4, -0.2) is 53.6 Å². The van der Waals surface area contributed by atoms with E-state index in [2.05, 4.69) is 5.32 Å². The van der Waals surface area contributed by atoms with Crippen molar-refractivity contribution in [3.05, 3.63) is 47.0 Å². The van der Waals surface area contributed by atoms with Crippen LogP contribution < -0.4 is 19.5 Å². The number of sulfonamides is 1. The van der Waals surface area contributed by atoms with Gasteiger partial charge in [0.05, 0.1) is 33.9 Å². The highest BCUT2D eigenvalue weighted by atomic mass is 35.5. The normalized spacial score (nSPS) is 12.4. The van der Waals surface area contributed by atoms with Gasteiger partial charge in [0.1, 0.15) is 10.6 Å². The average molecular weight is 457 g/mol. The first-order valence-corrected chi connectivity index (χ1v) is 10.8. The number of nitrogens with one attached hydrogen (secondary N) is 1. The molecular formula is C20H25ClN2O6S. The van der Waals surface area contributed by atoms with Crippen LogP contribution in [0.2, 0.25) is 5.02 Å². The van der Waals surface area contributed by atoms with E-state index >= 15 is 0 Å². The van der Waals surface area contributed by atoms with E-state index in [1.165, 1.54) is 46.6 Å². The number of amides is 1. The van der Waals surface area contributed by atoms with Crippen LogP contribution >= 0.6 is 11.6 Å². The number of nitrogens with zero attached hydrogens (tertiary/aromatic N) is 1. The van der Waals surface area contributed by atoms with Crippen LogP contribution in [0.15, 0.2) is 41.3 Å². The van der Waals surface area contributed by atoms with Crippen molar-refractivity contribution < 1.29 is 27.4 Å². The molecule has 1 atom stereocenters. The minimum Gasteiger partial charge on any atom is -0.495 e. The van der Waals surface area contributed by atoms with Crippen molar-refractivity contribution in [3.63, 3.8) is 0 Å². The number of carbonyl (C=O) groups excluding carboxylic acids is 1. The van der Waals surface area contributed by atoms with Crippen molar-refractivity contribution in [2.24, 2.45) is 0 Å². The Morgan fingerprint density at radius 1 is 1.03 bits per heavy atom. The molecule has 10 heteroatoms. The minimum absolute atomic E-state index is 0.110. The lowest BCUT2D eigenvalue weighted by Gasteiger charge is -2.21. The number of likely N-dealkylation sites (N-methyl/N-ethyl adjacent to an activating group) is 1. The first kappa shape index (κ1) is 23.8. The van der Waals surface area contributed by atoms with Gasteiger partial charge in [-0.05, 0) is 42.8 Å². The number of methoxy groups -OCH3 is 3. The van der Waals surface area contributed by atoms with Gasteiger partial charge in [0.25, 0.3) is 0 Å². The fraction of sp³-hybridized carbons (Fsp3) is 0.350. The molecule has 2 aromatic rings. The predicted octanol–water partition coefficient (Wildman–Crippen LogP) is 2.86. The van der Waals surface area contributed by atoms with Crippen LogP contribution in [0.3, 0.4) is 0 Å². The lowest BCUT2D eigenvalue weighted by Crippen LogP contribution is -2.39. The van der Waals surface area contributed by atoms with E-state index in [4.69, 9.17) is 25.8 Å². The lowest BCUT2D eigenvalue weighted by molar-refractivity contribution is -0.121. The fourth-order valence-corrected chi connectivity index (χ4v) is 4.34. The number of rotatable bonds is 9. The van der Waals surface area contributed by atoms with Gasteiger partial charge in [-0.2, -0.15) is 4.31 Å². The zero-order chi connectivity index (χ0) is 22.5. The van der Waals surface area contributed by atoms with E-state index in [1.54, 1.807) is 25.1 Å². The molecule has 2 aromatic carbocycles. The van der Waals surface area contributed by atoms with Crippen molar-refractivity contribution >= 4 is 27.5 Å². The molecule has 0 fully saturated rings. The second-order valence-electron chi connectivity index (χ2n) is 6.46. The summed E-state index contributed by atoms with van der Waals surface area (Å²) in [5, 5.41) is 3.03. The maximum atomic E-state index is 12.9. The van der Waals surface area contributed by atoms with Crippen LogP contribution in [0.5, 0.6) is 17.2 Å².